The second-order valence-electron chi connectivity index (χ2n) is 9.03. The van der Waals surface area contributed by atoms with Gasteiger partial charge in [-0.05, 0) is 18.1 Å². The first-order valence-corrected chi connectivity index (χ1v) is 12.8. The first-order valence-electron chi connectivity index (χ1n) is 12.0. The van der Waals surface area contributed by atoms with Gasteiger partial charge in [0, 0.05) is 38.1 Å². The third kappa shape index (κ3) is 6.07. The van der Waals surface area contributed by atoms with Gasteiger partial charge >= 0.3 is 12.1 Å². The number of aliphatic carboxylic acids is 1. The molecule has 1 aliphatic heterocycles. The molecule has 8 nitrogen and oxygen atoms in total. The lowest BCUT2D eigenvalue weighted by molar-refractivity contribution is -0.192. The largest absolute Gasteiger partial charge is 0.494 e. The molecule has 1 unspecified atom stereocenters. The van der Waals surface area contributed by atoms with Gasteiger partial charge < -0.3 is 19.7 Å². The number of para-hydroxylation sites is 1. The van der Waals surface area contributed by atoms with Gasteiger partial charge in [0.25, 0.3) is 11.5 Å². The number of ether oxygens (including phenoxy) is 1. The number of aryl methyl sites for hydroxylation is 1. The molecule has 0 radical (unpaired) electrons. The molecule has 39 heavy (non-hydrogen) atoms. The summed E-state index contributed by atoms with van der Waals surface area (Å²) >= 11 is 1.33. The summed E-state index contributed by atoms with van der Waals surface area (Å²) in [6.45, 7) is 2.62. The van der Waals surface area contributed by atoms with E-state index in [4.69, 9.17) is 14.6 Å². The third-order valence-corrected chi connectivity index (χ3v) is 7.61. The summed E-state index contributed by atoms with van der Waals surface area (Å²) in [5.74, 6) is -2.57. The maximum atomic E-state index is 13.2. The van der Waals surface area contributed by atoms with Crippen molar-refractivity contribution in [1.82, 2.24) is 14.8 Å². The van der Waals surface area contributed by atoms with E-state index in [0.717, 1.165) is 41.7 Å². The quantitative estimate of drug-likeness (QED) is 0.375. The number of aromatic nitrogens is 1. The van der Waals surface area contributed by atoms with Crippen molar-refractivity contribution in [2.24, 2.45) is 7.05 Å². The molecule has 206 valence electrons. The van der Waals surface area contributed by atoms with Crippen molar-refractivity contribution in [1.29, 1.82) is 0 Å². The summed E-state index contributed by atoms with van der Waals surface area (Å²) in [5.41, 5.74) is 1.96. The minimum absolute atomic E-state index is 0.0701. The molecule has 2 aromatic carbocycles. The van der Waals surface area contributed by atoms with Gasteiger partial charge in [-0.1, -0.05) is 48.5 Å². The van der Waals surface area contributed by atoms with Gasteiger partial charge in [-0.25, -0.2) is 4.79 Å². The first kappa shape index (κ1) is 28.1. The number of hydrogen-bond acceptors (Lipinski definition) is 6. The lowest BCUT2D eigenvalue weighted by Crippen LogP contribution is -2.36. The van der Waals surface area contributed by atoms with Gasteiger partial charge in [-0.3, -0.25) is 14.5 Å². The van der Waals surface area contributed by atoms with Crippen LogP contribution in [0, 0.1) is 0 Å². The van der Waals surface area contributed by atoms with Crippen molar-refractivity contribution in [3.63, 3.8) is 0 Å². The number of halogens is 3. The summed E-state index contributed by atoms with van der Waals surface area (Å²) < 4.78 is 39.7. The molecule has 0 bridgehead atoms. The number of nitrogens with zero attached hydrogens (tertiary/aromatic N) is 2. The third-order valence-electron chi connectivity index (χ3n) is 6.40. The van der Waals surface area contributed by atoms with E-state index in [9.17, 15) is 22.8 Å². The molecule has 1 atom stereocenters. The van der Waals surface area contributed by atoms with Crippen molar-refractivity contribution in [2.75, 3.05) is 20.2 Å². The number of nitrogens with one attached hydrogen (secondary N) is 1. The van der Waals surface area contributed by atoms with Crippen LogP contribution in [-0.2, 0) is 18.4 Å². The number of benzene rings is 2. The van der Waals surface area contributed by atoms with Crippen molar-refractivity contribution in [2.45, 2.75) is 25.2 Å². The Bertz CT molecular complexity index is 1570. The van der Waals surface area contributed by atoms with Crippen LogP contribution in [0.3, 0.4) is 0 Å². The minimum atomic E-state index is -5.08. The van der Waals surface area contributed by atoms with Crippen LogP contribution in [0.1, 0.15) is 21.7 Å². The molecular formula is C27H26F3N3O5S. The normalized spacial score (nSPS) is 15.7. The predicted octanol–water partition coefficient (Wildman–Crippen LogP) is 4.40. The summed E-state index contributed by atoms with van der Waals surface area (Å²) in [7, 11) is 3.27. The second-order valence-corrected chi connectivity index (χ2v) is 10.1. The van der Waals surface area contributed by atoms with Gasteiger partial charge in [-0.15, -0.1) is 11.3 Å². The number of hydrogen-bond donors (Lipinski definition) is 2. The van der Waals surface area contributed by atoms with E-state index in [2.05, 4.69) is 22.3 Å². The standard InChI is InChI=1S/C25H25N3O3S.C2HF3O2/c1-27-19-11-7-6-10-18(19)22-20(25(27)30)21(31-2)23(32-22)24(29)26-17-12-13-28(15-17)14-16-8-4-3-5-9-16;3-2(4,5)1(6)7/h3-11,17H,12-15H2,1-2H3,(H,26,29);(H,6,7). The highest BCUT2D eigenvalue weighted by atomic mass is 32.1. The lowest BCUT2D eigenvalue weighted by Gasteiger charge is -2.16. The van der Waals surface area contributed by atoms with Crippen LogP contribution in [0.25, 0.3) is 21.0 Å². The number of pyridine rings is 1. The van der Waals surface area contributed by atoms with Gasteiger partial charge in [0.05, 0.1) is 17.3 Å². The fourth-order valence-electron chi connectivity index (χ4n) is 4.57. The maximum Gasteiger partial charge on any atom is 0.490 e. The lowest BCUT2D eigenvalue weighted by atomic mass is 10.1. The fraction of sp³-hybridized carbons (Fsp3) is 0.296. The highest BCUT2D eigenvalue weighted by Crippen LogP contribution is 2.39. The van der Waals surface area contributed by atoms with E-state index in [1.807, 2.05) is 42.5 Å². The second kappa shape index (κ2) is 11.5. The van der Waals surface area contributed by atoms with Crippen LogP contribution in [0.15, 0.2) is 59.4 Å². The Balaban J connectivity index is 0.000000448. The van der Waals surface area contributed by atoms with Crippen LogP contribution in [0.4, 0.5) is 13.2 Å². The highest BCUT2D eigenvalue weighted by Gasteiger charge is 2.38. The molecule has 1 amide bonds. The number of amides is 1. The van der Waals surface area contributed by atoms with Gasteiger partial charge in [0.2, 0.25) is 0 Å². The number of thiophene rings is 1. The molecule has 1 saturated heterocycles. The highest BCUT2D eigenvalue weighted by molar-refractivity contribution is 7.22. The average molecular weight is 562 g/mol. The first-order chi connectivity index (χ1) is 18.5. The molecule has 3 heterocycles. The number of carbonyl (C=O) groups excluding carboxylic acids is 1. The van der Waals surface area contributed by atoms with Crippen LogP contribution in [-0.4, -0.2) is 58.9 Å². The van der Waals surface area contributed by atoms with Crippen molar-refractivity contribution >= 4 is 44.2 Å². The van der Waals surface area contributed by atoms with Crippen LogP contribution in [0.2, 0.25) is 0 Å². The van der Waals surface area contributed by atoms with E-state index < -0.39 is 12.1 Å². The van der Waals surface area contributed by atoms with E-state index in [1.54, 1.807) is 11.6 Å². The molecular weight excluding hydrogens is 535 g/mol. The predicted molar refractivity (Wildman–Crippen MR) is 142 cm³/mol. The van der Waals surface area contributed by atoms with Gasteiger partial charge in [0.15, 0.2) is 5.75 Å². The number of methoxy groups -OCH3 is 1. The topological polar surface area (TPSA) is 101 Å². The molecule has 4 aromatic rings. The molecule has 0 saturated carbocycles. The molecule has 1 fully saturated rings. The Labute approximate surface area is 225 Å². The Hall–Kier alpha value is -3.90. The summed E-state index contributed by atoms with van der Waals surface area (Å²) in [4.78, 5) is 38.0. The summed E-state index contributed by atoms with van der Waals surface area (Å²) in [6, 6.07) is 18.2. The minimum Gasteiger partial charge on any atom is -0.494 e. The zero-order chi connectivity index (χ0) is 28.3. The number of likely N-dealkylation sites (tertiary alicyclic amines) is 1. The molecule has 0 spiro atoms. The van der Waals surface area contributed by atoms with Crippen molar-refractivity contribution in [3.05, 3.63) is 75.4 Å². The zero-order valence-corrected chi connectivity index (χ0v) is 21.9. The summed E-state index contributed by atoms with van der Waals surface area (Å²) in [5, 5.41) is 11.7. The zero-order valence-electron chi connectivity index (χ0n) is 21.1. The molecule has 2 N–H and O–H groups in total. The number of carboxylic acids is 1. The van der Waals surface area contributed by atoms with Crippen LogP contribution < -0.4 is 15.6 Å². The van der Waals surface area contributed by atoms with Crippen LogP contribution in [0.5, 0.6) is 5.75 Å². The molecule has 1 aliphatic rings. The number of carbonyl (C=O) groups is 2. The molecule has 5 rings (SSSR count). The number of rotatable bonds is 5. The monoisotopic (exact) mass is 561 g/mol. The van der Waals surface area contributed by atoms with Gasteiger partial charge in [0.1, 0.15) is 10.3 Å². The van der Waals surface area contributed by atoms with E-state index in [-0.39, 0.29) is 17.5 Å². The molecule has 12 heteroatoms. The SMILES string of the molecule is COc1c(C(=O)NC2CCN(Cc3ccccc3)C2)sc2c1c(=O)n(C)c1ccccc21.O=C(O)C(F)(F)F. The number of alkyl halides is 3. The Morgan fingerprint density at radius 3 is 2.41 bits per heavy atom. The van der Waals surface area contributed by atoms with Crippen molar-refractivity contribution < 1.29 is 32.6 Å². The number of carboxylic acid groups (broad SMARTS) is 1. The Kier molecular flexibility index (Phi) is 8.26. The van der Waals surface area contributed by atoms with E-state index >= 15 is 0 Å². The molecule has 0 aliphatic carbocycles. The Morgan fingerprint density at radius 1 is 1.13 bits per heavy atom. The van der Waals surface area contributed by atoms with Gasteiger partial charge in [-0.2, -0.15) is 13.2 Å². The fourth-order valence-corrected chi connectivity index (χ4v) is 5.76. The van der Waals surface area contributed by atoms with Crippen molar-refractivity contribution in [3.8, 4) is 5.75 Å². The van der Waals surface area contributed by atoms with Crippen LogP contribution >= 0.6 is 11.3 Å². The van der Waals surface area contributed by atoms with E-state index in [0.29, 0.717) is 16.0 Å². The van der Waals surface area contributed by atoms with E-state index in [1.165, 1.54) is 24.0 Å². The maximum absolute atomic E-state index is 13.2. The number of fused-ring (bicyclic) bond motifs is 3. The average Bonchev–Trinajstić information content (AvgIpc) is 3.52. The summed E-state index contributed by atoms with van der Waals surface area (Å²) in [6.07, 6.45) is -4.18. The smallest absolute Gasteiger partial charge is 0.490 e. The molecule has 2 aromatic heterocycles. The Morgan fingerprint density at radius 2 is 1.77 bits per heavy atom.